The molecule has 0 spiro atoms. The molecule has 0 aromatic heterocycles. The van der Waals surface area contributed by atoms with Crippen molar-refractivity contribution in [1.29, 1.82) is 0 Å². The molecule has 4 heteroatoms. The first kappa shape index (κ1) is 13.0. The van der Waals surface area contributed by atoms with Crippen LogP contribution in [0.15, 0.2) is 42.5 Å². The predicted molar refractivity (Wildman–Crippen MR) is 78.5 cm³/mol. The highest BCUT2D eigenvalue weighted by Crippen LogP contribution is 2.23. The Morgan fingerprint density at radius 1 is 1.16 bits per heavy atom. The van der Waals surface area contributed by atoms with E-state index in [-0.39, 0.29) is 0 Å². The number of hydrogen-bond acceptors (Lipinski definition) is 3. The maximum absolute atomic E-state index is 11.4. The average Bonchev–Trinajstić information content (AvgIpc) is 2.41. The van der Waals surface area contributed by atoms with E-state index in [9.17, 15) is 4.79 Å². The number of nitrogen functional groups attached to an aromatic ring is 1. The van der Waals surface area contributed by atoms with Gasteiger partial charge in [0.2, 0.25) is 0 Å². The number of benzene rings is 2. The van der Waals surface area contributed by atoms with E-state index in [2.05, 4.69) is 12.2 Å². The monoisotopic (exact) mass is 255 g/mol. The van der Waals surface area contributed by atoms with Gasteiger partial charge in [-0.1, -0.05) is 19.1 Å². The number of carbonyl (C=O) groups is 1. The highest BCUT2D eigenvalue weighted by molar-refractivity contribution is 6.00. The lowest BCUT2D eigenvalue weighted by atomic mass is 10.1. The summed E-state index contributed by atoms with van der Waals surface area (Å²) in [6.45, 7) is 2.10. The topological polar surface area (TPSA) is 81.1 Å². The molecule has 5 N–H and O–H groups in total. The summed E-state index contributed by atoms with van der Waals surface area (Å²) in [7, 11) is 0. The van der Waals surface area contributed by atoms with Crippen LogP contribution in [0.1, 0.15) is 22.8 Å². The zero-order valence-electron chi connectivity index (χ0n) is 10.8. The lowest BCUT2D eigenvalue weighted by Crippen LogP contribution is -2.13. The summed E-state index contributed by atoms with van der Waals surface area (Å²) in [4.78, 5) is 11.4. The molecule has 4 nitrogen and oxygen atoms in total. The molecule has 0 bridgehead atoms. The number of primary amides is 1. The van der Waals surface area contributed by atoms with Crippen LogP contribution >= 0.6 is 0 Å². The molecule has 0 aliphatic rings. The maximum atomic E-state index is 11.4. The Labute approximate surface area is 112 Å². The minimum Gasteiger partial charge on any atom is -0.399 e. The van der Waals surface area contributed by atoms with E-state index in [0.29, 0.717) is 16.9 Å². The van der Waals surface area contributed by atoms with Gasteiger partial charge in [0, 0.05) is 11.4 Å². The first-order valence-electron chi connectivity index (χ1n) is 6.15. The van der Waals surface area contributed by atoms with Crippen molar-refractivity contribution >= 4 is 23.0 Å². The smallest absolute Gasteiger partial charge is 0.250 e. The van der Waals surface area contributed by atoms with Crippen LogP contribution in [0.3, 0.4) is 0 Å². The number of aryl methyl sites for hydroxylation is 1. The van der Waals surface area contributed by atoms with Crippen LogP contribution in [-0.2, 0) is 6.42 Å². The zero-order valence-corrected chi connectivity index (χ0v) is 10.8. The van der Waals surface area contributed by atoms with Gasteiger partial charge in [-0.15, -0.1) is 0 Å². The van der Waals surface area contributed by atoms with E-state index < -0.39 is 5.91 Å². The number of hydrogen-bond donors (Lipinski definition) is 3. The van der Waals surface area contributed by atoms with Gasteiger partial charge < -0.3 is 16.8 Å². The van der Waals surface area contributed by atoms with Gasteiger partial charge in [-0.3, -0.25) is 4.79 Å². The van der Waals surface area contributed by atoms with Crippen molar-refractivity contribution in [1.82, 2.24) is 0 Å². The van der Waals surface area contributed by atoms with Crippen molar-refractivity contribution in [2.75, 3.05) is 11.1 Å². The Morgan fingerprint density at radius 3 is 2.42 bits per heavy atom. The number of rotatable bonds is 4. The molecule has 0 aliphatic carbocycles. The second kappa shape index (κ2) is 5.44. The number of anilines is 3. The molecular formula is C15H17N3O. The third-order valence-corrected chi connectivity index (χ3v) is 2.95. The van der Waals surface area contributed by atoms with Crippen molar-refractivity contribution in [2.24, 2.45) is 5.73 Å². The van der Waals surface area contributed by atoms with Gasteiger partial charge in [-0.05, 0) is 42.3 Å². The second-order valence-corrected chi connectivity index (χ2v) is 4.34. The molecule has 0 radical (unpaired) electrons. The fourth-order valence-electron chi connectivity index (χ4n) is 1.85. The third kappa shape index (κ3) is 3.04. The summed E-state index contributed by atoms with van der Waals surface area (Å²) in [5, 5.41) is 3.18. The fraction of sp³-hybridized carbons (Fsp3) is 0.133. The van der Waals surface area contributed by atoms with Gasteiger partial charge in [0.15, 0.2) is 0 Å². The fourth-order valence-corrected chi connectivity index (χ4v) is 1.85. The van der Waals surface area contributed by atoms with Crippen LogP contribution in [0.4, 0.5) is 17.1 Å². The SMILES string of the molecule is CCc1ccc(Nc2ccc(N)cc2C(N)=O)cc1. The Morgan fingerprint density at radius 2 is 1.84 bits per heavy atom. The van der Waals surface area contributed by atoms with E-state index in [4.69, 9.17) is 11.5 Å². The van der Waals surface area contributed by atoms with E-state index in [1.165, 1.54) is 5.56 Å². The molecule has 19 heavy (non-hydrogen) atoms. The molecule has 2 aromatic carbocycles. The van der Waals surface area contributed by atoms with Crippen LogP contribution in [0.25, 0.3) is 0 Å². The summed E-state index contributed by atoms with van der Waals surface area (Å²) in [5.74, 6) is -0.500. The van der Waals surface area contributed by atoms with Crippen molar-refractivity contribution in [3.05, 3.63) is 53.6 Å². The van der Waals surface area contributed by atoms with Crippen LogP contribution in [0, 0.1) is 0 Å². The Bertz CT molecular complexity index is 591. The summed E-state index contributed by atoms with van der Waals surface area (Å²) in [5.41, 5.74) is 14.7. The first-order valence-corrected chi connectivity index (χ1v) is 6.15. The van der Waals surface area contributed by atoms with Gasteiger partial charge in [-0.2, -0.15) is 0 Å². The molecule has 0 heterocycles. The lowest BCUT2D eigenvalue weighted by molar-refractivity contribution is 0.100. The standard InChI is InChI=1S/C15H17N3O/c1-2-10-3-6-12(7-4-10)18-14-8-5-11(16)9-13(14)15(17)19/h3-9,18H,2,16H2,1H3,(H2,17,19). The van der Waals surface area contributed by atoms with Crippen LogP contribution in [-0.4, -0.2) is 5.91 Å². The van der Waals surface area contributed by atoms with E-state index in [0.717, 1.165) is 12.1 Å². The van der Waals surface area contributed by atoms with E-state index in [1.54, 1.807) is 18.2 Å². The Hall–Kier alpha value is -2.49. The summed E-state index contributed by atoms with van der Waals surface area (Å²) < 4.78 is 0. The van der Waals surface area contributed by atoms with Crippen molar-refractivity contribution in [2.45, 2.75) is 13.3 Å². The summed E-state index contributed by atoms with van der Waals surface area (Å²) in [6, 6.07) is 13.1. The summed E-state index contributed by atoms with van der Waals surface area (Å²) >= 11 is 0. The van der Waals surface area contributed by atoms with E-state index >= 15 is 0 Å². The molecule has 2 aromatic rings. The number of carbonyl (C=O) groups excluding carboxylic acids is 1. The average molecular weight is 255 g/mol. The van der Waals surface area contributed by atoms with Gasteiger partial charge in [0.25, 0.3) is 5.91 Å². The van der Waals surface area contributed by atoms with Gasteiger partial charge >= 0.3 is 0 Å². The van der Waals surface area contributed by atoms with Gasteiger partial charge in [-0.25, -0.2) is 0 Å². The molecule has 2 rings (SSSR count). The maximum Gasteiger partial charge on any atom is 0.250 e. The first-order chi connectivity index (χ1) is 9.10. The molecular weight excluding hydrogens is 238 g/mol. The zero-order chi connectivity index (χ0) is 13.8. The lowest BCUT2D eigenvalue weighted by Gasteiger charge is -2.11. The van der Waals surface area contributed by atoms with Gasteiger partial charge in [0.1, 0.15) is 0 Å². The Balaban J connectivity index is 2.29. The second-order valence-electron chi connectivity index (χ2n) is 4.34. The molecule has 0 saturated carbocycles. The van der Waals surface area contributed by atoms with E-state index in [1.807, 2.05) is 24.3 Å². The largest absolute Gasteiger partial charge is 0.399 e. The molecule has 0 saturated heterocycles. The highest BCUT2D eigenvalue weighted by atomic mass is 16.1. The van der Waals surface area contributed by atoms with Crippen LogP contribution in [0.5, 0.6) is 0 Å². The van der Waals surface area contributed by atoms with Crippen molar-refractivity contribution in [3.8, 4) is 0 Å². The molecule has 1 amide bonds. The third-order valence-electron chi connectivity index (χ3n) is 2.95. The van der Waals surface area contributed by atoms with Crippen molar-refractivity contribution in [3.63, 3.8) is 0 Å². The molecule has 0 atom stereocenters. The number of amides is 1. The number of nitrogens with two attached hydrogens (primary N) is 2. The minimum absolute atomic E-state index is 0.388. The van der Waals surface area contributed by atoms with Crippen LogP contribution in [0.2, 0.25) is 0 Å². The number of nitrogens with one attached hydrogen (secondary N) is 1. The molecule has 0 aliphatic heterocycles. The summed E-state index contributed by atoms with van der Waals surface area (Å²) in [6.07, 6.45) is 0.995. The predicted octanol–water partition coefficient (Wildman–Crippen LogP) is 2.67. The normalized spacial score (nSPS) is 10.2. The molecule has 98 valence electrons. The van der Waals surface area contributed by atoms with Gasteiger partial charge in [0.05, 0.1) is 11.3 Å². The quantitative estimate of drug-likeness (QED) is 0.735. The Kier molecular flexibility index (Phi) is 3.71. The minimum atomic E-state index is -0.500. The molecule has 0 unspecified atom stereocenters. The molecule has 0 fully saturated rings. The highest BCUT2D eigenvalue weighted by Gasteiger charge is 2.08. The van der Waals surface area contributed by atoms with Crippen LogP contribution < -0.4 is 16.8 Å². The van der Waals surface area contributed by atoms with Crippen molar-refractivity contribution < 1.29 is 4.79 Å².